The van der Waals surface area contributed by atoms with E-state index < -0.39 is 12.0 Å². The molecule has 1 aliphatic carbocycles. The number of amides is 2. The first-order valence-electron chi connectivity index (χ1n) is 5.72. The number of carbonyl (C=O) groups is 2. The van der Waals surface area contributed by atoms with Gasteiger partial charge in [0.1, 0.15) is 6.54 Å². The number of nitrogens with zero attached hydrogens (tertiary/aromatic N) is 1. The minimum atomic E-state index is -1.02. The molecule has 0 radical (unpaired) electrons. The van der Waals surface area contributed by atoms with E-state index in [0.29, 0.717) is 15.2 Å². The summed E-state index contributed by atoms with van der Waals surface area (Å²) in [4.78, 5) is 24.2. The Hall–Kier alpha value is -1.27. The predicted octanol–water partition coefficient (Wildman–Crippen LogP) is 3.18. The van der Waals surface area contributed by atoms with Crippen molar-refractivity contribution in [1.29, 1.82) is 0 Å². The van der Waals surface area contributed by atoms with Gasteiger partial charge in [-0.2, -0.15) is 0 Å². The molecule has 0 bridgehead atoms. The molecule has 1 aliphatic rings. The third-order valence-electron chi connectivity index (χ3n) is 2.73. The number of carbonyl (C=O) groups excluding carboxylic acids is 1. The molecule has 0 heterocycles. The van der Waals surface area contributed by atoms with Crippen molar-refractivity contribution in [2.75, 3.05) is 11.9 Å². The number of hydrogen-bond donors (Lipinski definition) is 2. The smallest absolute Gasteiger partial charge is 0.323 e. The van der Waals surface area contributed by atoms with Crippen LogP contribution < -0.4 is 5.32 Å². The van der Waals surface area contributed by atoms with Gasteiger partial charge in [0.25, 0.3) is 0 Å². The Balaban J connectivity index is 2.07. The van der Waals surface area contributed by atoms with Crippen LogP contribution in [-0.2, 0) is 4.79 Å². The van der Waals surface area contributed by atoms with E-state index in [1.54, 1.807) is 18.2 Å². The largest absolute Gasteiger partial charge is 0.480 e. The van der Waals surface area contributed by atoms with E-state index in [-0.39, 0.29) is 12.6 Å². The minimum absolute atomic E-state index is 0.0298. The number of nitrogens with one attached hydrogen (secondary N) is 1. The van der Waals surface area contributed by atoms with Gasteiger partial charge in [0.15, 0.2) is 0 Å². The molecule has 0 saturated heterocycles. The maximum atomic E-state index is 12.1. The summed E-state index contributed by atoms with van der Waals surface area (Å²) in [5.41, 5.74) is 0.561. The summed E-state index contributed by atoms with van der Waals surface area (Å²) >= 11 is 9.11. The van der Waals surface area contributed by atoms with E-state index in [9.17, 15) is 9.59 Å². The molecule has 0 unspecified atom stereocenters. The Labute approximate surface area is 123 Å². The van der Waals surface area contributed by atoms with Crippen LogP contribution in [0.25, 0.3) is 0 Å². The van der Waals surface area contributed by atoms with Crippen molar-refractivity contribution in [2.24, 2.45) is 0 Å². The van der Waals surface area contributed by atoms with E-state index in [1.165, 1.54) is 4.90 Å². The summed E-state index contributed by atoms with van der Waals surface area (Å²) in [5.74, 6) is -1.02. The monoisotopic (exact) mass is 346 g/mol. The fraction of sp³-hybridized carbons (Fsp3) is 0.333. The molecule has 1 saturated carbocycles. The SMILES string of the molecule is O=C(O)CN(C(=O)Nc1ccc(Cl)cc1Br)C1CC1. The Kier molecular flexibility index (Phi) is 4.31. The number of benzene rings is 1. The molecule has 1 aromatic carbocycles. The quantitative estimate of drug-likeness (QED) is 0.879. The second-order valence-electron chi connectivity index (χ2n) is 4.31. The van der Waals surface area contributed by atoms with Crippen LogP contribution in [0.3, 0.4) is 0 Å². The number of halogens is 2. The molecule has 7 heteroatoms. The molecule has 1 fully saturated rings. The molecular formula is C12H12BrClN2O3. The Bertz CT molecular complexity index is 520. The molecule has 1 aromatic rings. The van der Waals surface area contributed by atoms with E-state index in [0.717, 1.165) is 12.8 Å². The van der Waals surface area contributed by atoms with Crippen molar-refractivity contribution in [3.8, 4) is 0 Å². The summed E-state index contributed by atoms with van der Waals surface area (Å²) in [6, 6.07) is 4.60. The molecule has 19 heavy (non-hydrogen) atoms. The van der Waals surface area contributed by atoms with Crippen LogP contribution in [0.4, 0.5) is 10.5 Å². The van der Waals surface area contributed by atoms with E-state index >= 15 is 0 Å². The summed E-state index contributed by atoms with van der Waals surface area (Å²) < 4.78 is 0.652. The third kappa shape index (κ3) is 3.84. The number of hydrogen-bond acceptors (Lipinski definition) is 2. The minimum Gasteiger partial charge on any atom is -0.480 e. The van der Waals surface area contributed by atoms with Gasteiger partial charge in [0.2, 0.25) is 0 Å². The van der Waals surface area contributed by atoms with Crippen molar-refractivity contribution < 1.29 is 14.7 Å². The zero-order valence-corrected chi connectivity index (χ0v) is 12.2. The highest BCUT2D eigenvalue weighted by molar-refractivity contribution is 9.10. The van der Waals surface area contributed by atoms with Crippen LogP contribution >= 0.6 is 27.5 Å². The Morgan fingerprint density at radius 1 is 1.47 bits per heavy atom. The maximum absolute atomic E-state index is 12.1. The predicted molar refractivity (Wildman–Crippen MR) is 75.5 cm³/mol. The van der Waals surface area contributed by atoms with Gasteiger partial charge in [-0.3, -0.25) is 4.79 Å². The van der Waals surface area contributed by atoms with Gasteiger partial charge in [-0.1, -0.05) is 11.6 Å². The molecular weight excluding hydrogens is 336 g/mol. The average molecular weight is 348 g/mol. The fourth-order valence-electron chi connectivity index (χ4n) is 1.68. The van der Waals surface area contributed by atoms with E-state index in [2.05, 4.69) is 21.2 Å². The van der Waals surface area contributed by atoms with Gasteiger partial charge < -0.3 is 15.3 Å². The first kappa shape index (κ1) is 14.1. The molecule has 0 atom stereocenters. The highest BCUT2D eigenvalue weighted by Crippen LogP contribution is 2.29. The van der Waals surface area contributed by atoms with Gasteiger partial charge in [-0.15, -0.1) is 0 Å². The number of urea groups is 1. The zero-order chi connectivity index (χ0) is 14.0. The topological polar surface area (TPSA) is 69.6 Å². The highest BCUT2D eigenvalue weighted by Gasteiger charge is 2.34. The van der Waals surface area contributed by atoms with Gasteiger partial charge in [-0.05, 0) is 47.0 Å². The molecule has 102 valence electrons. The van der Waals surface area contributed by atoms with Crippen LogP contribution in [0.15, 0.2) is 22.7 Å². The van der Waals surface area contributed by atoms with Gasteiger partial charge in [-0.25, -0.2) is 4.79 Å². The van der Waals surface area contributed by atoms with Gasteiger partial charge in [0, 0.05) is 15.5 Å². The summed E-state index contributed by atoms with van der Waals surface area (Å²) in [7, 11) is 0. The maximum Gasteiger partial charge on any atom is 0.323 e. The molecule has 5 nitrogen and oxygen atoms in total. The molecule has 2 amide bonds. The Morgan fingerprint density at radius 2 is 2.16 bits per heavy atom. The summed E-state index contributed by atoms with van der Waals surface area (Å²) in [5, 5.41) is 12.1. The molecule has 0 spiro atoms. The van der Waals surface area contributed by atoms with Crippen molar-refractivity contribution in [3.05, 3.63) is 27.7 Å². The first-order chi connectivity index (χ1) is 8.97. The van der Waals surface area contributed by atoms with Crippen molar-refractivity contribution >= 4 is 45.2 Å². The normalized spacial score (nSPS) is 14.0. The zero-order valence-electron chi connectivity index (χ0n) is 9.90. The average Bonchev–Trinajstić information content (AvgIpc) is 3.13. The Morgan fingerprint density at radius 3 is 2.68 bits per heavy atom. The van der Waals surface area contributed by atoms with E-state index in [1.807, 2.05) is 0 Å². The highest BCUT2D eigenvalue weighted by atomic mass is 79.9. The molecule has 0 aliphatic heterocycles. The van der Waals surface area contributed by atoms with Gasteiger partial charge in [0.05, 0.1) is 5.69 Å². The van der Waals surface area contributed by atoms with Crippen LogP contribution in [0.5, 0.6) is 0 Å². The standard InChI is InChI=1S/C12H12BrClN2O3/c13-9-5-7(14)1-4-10(9)15-12(19)16(6-11(17)18)8-2-3-8/h1,4-5,8H,2-3,6H2,(H,15,19)(H,17,18). The number of carboxylic acids is 1. The van der Waals surface area contributed by atoms with E-state index in [4.69, 9.17) is 16.7 Å². The molecule has 2 rings (SSSR count). The van der Waals surface area contributed by atoms with Crippen LogP contribution in [-0.4, -0.2) is 34.6 Å². The first-order valence-corrected chi connectivity index (χ1v) is 6.89. The lowest BCUT2D eigenvalue weighted by molar-refractivity contribution is -0.137. The lowest BCUT2D eigenvalue weighted by atomic mass is 10.3. The van der Waals surface area contributed by atoms with Crippen LogP contribution in [0.1, 0.15) is 12.8 Å². The second-order valence-corrected chi connectivity index (χ2v) is 5.60. The summed E-state index contributed by atoms with van der Waals surface area (Å²) in [6.07, 6.45) is 1.70. The van der Waals surface area contributed by atoms with Crippen LogP contribution in [0, 0.1) is 0 Å². The van der Waals surface area contributed by atoms with Gasteiger partial charge >= 0.3 is 12.0 Å². The lowest BCUT2D eigenvalue weighted by Crippen LogP contribution is -2.40. The second kappa shape index (κ2) is 5.79. The fourth-order valence-corrected chi connectivity index (χ4v) is 2.46. The lowest BCUT2D eigenvalue weighted by Gasteiger charge is -2.21. The molecule has 0 aromatic heterocycles. The van der Waals surface area contributed by atoms with Crippen molar-refractivity contribution in [1.82, 2.24) is 4.90 Å². The van der Waals surface area contributed by atoms with Crippen molar-refractivity contribution in [2.45, 2.75) is 18.9 Å². The van der Waals surface area contributed by atoms with Crippen LogP contribution in [0.2, 0.25) is 5.02 Å². The number of rotatable bonds is 4. The van der Waals surface area contributed by atoms with Crippen molar-refractivity contribution in [3.63, 3.8) is 0 Å². The third-order valence-corrected chi connectivity index (χ3v) is 3.62. The number of aliphatic carboxylic acids is 1. The number of anilines is 1. The summed E-state index contributed by atoms with van der Waals surface area (Å²) in [6.45, 7) is -0.290. The number of carboxylic acid groups (broad SMARTS) is 1. The molecule has 2 N–H and O–H groups in total.